The summed E-state index contributed by atoms with van der Waals surface area (Å²) < 4.78 is 0. The van der Waals surface area contributed by atoms with Crippen molar-refractivity contribution in [3.8, 4) is 0 Å². The highest BCUT2D eigenvalue weighted by atomic mass is 31.1. The van der Waals surface area contributed by atoms with Gasteiger partial charge in [-0.3, -0.25) is 0 Å². The van der Waals surface area contributed by atoms with E-state index in [1.807, 2.05) is 0 Å². The maximum atomic E-state index is 2.28. The van der Waals surface area contributed by atoms with E-state index in [4.69, 9.17) is 0 Å². The summed E-state index contributed by atoms with van der Waals surface area (Å²) in [5.41, 5.74) is 0. The lowest BCUT2D eigenvalue weighted by Crippen LogP contribution is -2.02. The van der Waals surface area contributed by atoms with E-state index >= 15 is 0 Å². The average molecular weight is 242 g/mol. The zero-order valence-electron chi connectivity index (χ0n) is 8.77. The molecule has 1 aromatic heterocycles. The molecule has 0 aliphatic carbocycles. The van der Waals surface area contributed by atoms with Crippen LogP contribution in [0.1, 0.15) is 0 Å². The average Bonchev–Trinajstić information content (AvgIpc) is 2.80. The highest BCUT2D eigenvalue weighted by molar-refractivity contribution is 7.57. The van der Waals surface area contributed by atoms with Gasteiger partial charge in [0.05, 0.1) is 0 Å². The zero-order chi connectivity index (χ0) is 10.8. The summed E-state index contributed by atoms with van der Waals surface area (Å²) in [4.78, 5) is 0. The van der Waals surface area contributed by atoms with Crippen molar-refractivity contribution in [2.24, 2.45) is 0 Å². The molecule has 0 spiro atoms. The summed E-state index contributed by atoms with van der Waals surface area (Å²) in [6.07, 6.45) is 0. The fourth-order valence-electron chi connectivity index (χ4n) is 1.87. The highest BCUT2D eigenvalue weighted by Crippen LogP contribution is 2.27. The summed E-state index contributed by atoms with van der Waals surface area (Å²) in [5.74, 6) is 2.28. The van der Waals surface area contributed by atoms with Crippen LogP contribution in [0.25, 0.3) is 10.5 Å². The molecule has 2 unspecified atom stereocenters. The van der Waals surface area contributed by atoms with E-state index in [-0.39, 0.29) is 0 Å². The lowest BCUT2D eigenvalue weighted by Gasteiger charge is -2.03. The van der Waals surface area contributed by atoms with Crippen molar-refractivity contribution >= 4 is 37.9 Å². The van der Waals surface area contributed by atoms with Crippen LogP contribution in [0.4, 0.5) is 0 Å². The van der Waals surface area contributed by atoms with E-state index in [0.717, 1.165) is 16.8 Å². The molecule has 0 aliphatic rings. The van der Waals surface area contributed by atoms with E-state index in [9.17, 15) is 0 Å². The Balaban J connectivity index is 2.04. The normalized spacial score (nSPS) is 12.0. The largest absolute Gasteiger partial charge is 0.131 e. The fraction of sp³-hybridized carbons (Fsp3) is 0. The summed E-state index contributed by atoms with van der Waals surface area (Å²) in [5, 5.41) is 5.89. The fourth-order valence-corrected chi connectivity index (χ4v) is 4.39. The van der Waals surface area contributed by atoms with Gasteiger partial charge in [0.2, 0.25) is 0 Å². The molecule has 0 amide bonds. The predicted molar refractivity (Wildman–Crippen MR) is 77.5 cm³/mol. The summed E-state index contributed by atoms with van der Waals surface area (Å²) in [6, 6.07) is 19.6. The van der Waals surface area contributed by atoms with Crippen LogP contribution >= 0.6 is 16.8 Å². The predicted octanol–water partition coefficient (Wildman–Crippen LogP) is 3.50. The van der Waals surface area contributed by atoms with Crippen LogP contribution in [0, 0.1) is 0 Å². The second-order valence-corrected chi connectivity index (χ2v) is 6.23. The van der Waals surface area contributed by atoms with Crippen molar-refractivity contribution in [2.75, 3.05) is 0 Å². The van der Waals surface area contributed by atoms with E-state index < -0.39 is 0 Å². The van der Waals surface area contributed by atoms with Crippen molar-refractivity contribution in [1.82, 2.24) is 0 Å². The lowest BCUT2D eigenvalue weighted by atomic mass is 10.3. The molecule has 3 aromatic rings. The maximum Gasteiger partial charge on any atom is 0.00591 e. The van der Waals surface area contributed by atoms with Crippen LogP contribution in [0.2, 0.25) is 0 Å². The molecule has 2 atom stereocenters. The minimum absolute atomic E-state index is 0.786. The van der Waals surface area contributed by atoms with Gasteiger partial charge in [-0.05, 0) is 21.8 Å². The van der Waals surface area contributed by atoms with Gasteiger partial charge in [0.25, 0.3) is 0 Å². The molecule has 0 saturated carbocycles. The van der Waals surface area contributed by atoms with Gasteiger partial charge in [-0.15, -0.1) is 8.19 Å². The third kappa shape index (κ3) is 1.92. The Kier molecular flexibility index (Phi) is 2.79. The third-order valence-corrected chi connectivity index (χ3v) is 5.38. The smallest absolute Gasteiger partial charge is 0.00591 e. The molecule has 0 N–H and O–H groups in total. The number of hydrogen-bond donors (Lipinski definition) is 0. The van der Waals surface area contributed by atoms with Crippen molar-refractivity contribution in [3.63, 3.8) is 0 Å². The van der Waals surface area contributed by atoms with Crippen LogP contribution in [0.3, 0.4) is 0 Å². The van der Waals surface area contributed by atoms with Gasteiger partial charge in [-0.25, -0.2) is 0 Å². The van der Waals surface area contributed by atoms with Gasteiger partial charge in [0, 0.05) is 5.12 Å². The second-order valence-electron chi connectivity index (χ2n) is 3.74. The van der Waals surface area contributed by atoms with E-state index in [1.54, 1.807) is 5.12 Å². The minimum Gasteiger partial charge on any atom is -0.131 e. The van der Waals surface area contributed by atoms with Crippen LogP contribution in [-0.2, 0) is 0 Å². The molecule has 2 heteroatoms. The Morgan fingerprint density at radius 1 is 0.812 bits per heavy atom. The minimum atomic E-state index is 0.786. The molecule has 0 saturated heterocycles. The SMILES string of the molecule is c1ccc(Pc2cccc3cc[pH]c23)cc1. The first-order valence-corrected chi connectivity index (χ1v) is 7.39. The van der Waals surface area contributed by atoms with E-state index in [0.29, 0.717) is 0 Å². The lowest BCUT2D eigenvalue weighted by molar-refractivity contribution is 1.78. The highest BCUT2D eigenvalue weighted by Gasteiger charge is 2.01. The van der Waals surface area contributed by atoms with Crippen molar-refractivity contribution < 1.29 is 0 Å². The topological polar surface area (TPSA) is 0 Å². The van der Waals surface area contributed by atoms with E-state index in [2.05, 4.69) is 60.4 Å². The van der Waals surface area contributed by atoms with Crippen LogP contribution < -0.4 is 10.6 Å². The van der Waals surface area contributed by atoms with Gasteiger partial charge in [-0.2, -0.15) is 0 Å². The molecule has 0 fully saturated rings. The standard InChI is InChI=1S/C14H12P2/c1-2-6-12(7-3-1)16-13-8-4-5-11-9-10-15-14(11)13/h1-10,15-16H. The Morgan fingerprint density at radius 2 is 1.69 bits per heavy atom. The molecule has 0 radical (unpaired) electrons. The first kappa shape index (κ1) is 10.1. The molecular weight excluding hydrogens is 230 g/mol. The van der Waals surface area contributed by atoms with Crippen molar-refractivity contribution in [1.29, 1.82) is 0 Å². The van der Waals surface area contributed by atoms with Gasteiger partial charge < -0.3 is 0 Å². The van der Waals surface area contributed by atoms with Gasteiger partial charge in [-0.1, -0.05) is 63.2 Å². The van der Waals surface area contributed by atoms with Crippen LogP contribution in [0.15, 0.2) is 60.4 Å². The summed E-state index contributed by atoms with van der Waals surface area (Å²) >= 11 is 0. The molecule has 0 aliphatic heterocycles. The zero-order valence-corrected chi connectivity index (χ0v) is 10.8. The molecule has 78 valence electrons. The Bertz CT molecular complexity index is 596. The monoisotopic (exact) mass is 242 g/mol. The quantitative estimate of drug-likeness (QED) is 0.603. The number of benzene rings is 2. The first-order valence-electron chi connectivity index (χ1n) is 5.32. The third-order valence-electron chi connectivity index (χ3n) is 2.64. The molecule has 3 rings (SSSR count). The van der Waals surface area contributed by atoms with Gasteiger partial charge in [0.15, 0.2) is 0 Å². The van der Waals surface area contributed by atoms with Gasteiger partial charge in [0.1, 0.15) is 0 Å². The Hall–Kier alpha value is -1.09. The number of hydrogen-bond acceptors (Lipinski definition) is 0. The molecule has 16 heavy (non-hydrogen) atoms. The summed E-state index contributed by atoms with van der Waals surface area (Å²) in [7, 11) is 1.64. The Labute approximate surface area is 98.6 Å². The first-order chi connectivity index (χ1) is 7.93. The molecular formula is C14H12P2. The maximum absolute atomic E-state index is 2.28. The molecule has 1 heterocycles. The molecule has 0 bridgehead atoms. The second kappa shape index (κ2) is 4.42. The Morgan fingerprint density at radius 3 is 2.56 bits per heavy atom. The summed E-state index contributed by atoms with van der Waals surface area (Å²) in [6.45, 7) is 0. The number of rotatable bonds is 2. The molecule has 2 aromatic carbocycles. The van der Waals surface area contributed by atoms with Crippen LogP contribution in [-0.4, -0.2) is 0 Å². The number of fused-ring (bicyclic) bond motifs is 1. The molecule has 0 nitrogen and oxygen atoms in total. The van der Waals surface area contributed by atoms with Gasteiger partial charge >= 0.3 is 0 Å². The van der Waals surface area contributed by atoms with E-state index in [1.165, 1.54) is 16.0 Å². The van der Waals surface area contributed by atoms with Crippen molar-refractivity contribution in [3.05, 3.63) is 60.4 Å². The van der Waals surface area contributed by atoms with Crippen LogP contribution in [0.5, 0.6) is 0 Å². The van der Waals surface area contributed by atoms with Crippen molar-refractivity contribution in [2.45, 2.75) is 0 Å².